The number of fused-ring (bicyclic) bond motifs is 1. The molecule has 0 aliphatic carbocycles. The number of hydrogen-bond donors (Lipinski definition) is 2. The molecule has 2 N–H and O–H groups in total. The van der Waals surface area contributed by atoms with Crippen LogP contribution < -0.4 is 15.5 Å². The molecule has 2 aromatic heterocycles. The summed E-state index contributed by atoms with van der Waals surface area (Å²) in [6.07, 6.45) is 1.82. The largest absolute Gasteiger partial charge is 0.369 e. The van der Waals surface area contributed by atoms with Gasteiger partial charge in [-0.2, -0.15) is 0 Å². The van der Waals surface area contributed by atoms with Crippen LogP contribution >= 0.6 is 0 Å². The van der Waals surface area contributed by atoms with Crippen LogP contribution in [0.2, 0.25) is 0 Å². The van der Waals surface area contributed by atoms with E-state index in [1.54, 1.807) is 10.6 Å². The molecule has 0 saturated carbocycles. The fraction of sp³-hybridized carbons (Fsp3) is 0.364. The van der Waals surface area contributed by atoms with E-state index >= 15 is 0 Å². The standard InChI is InChI=1S/C22H27FN6O/c1-3-27-10-12-28(13-11-27)20-8-7-17(23)14-19(20)16(2)24-22(30)25-21-15-18-6-4-5-9-29(18)26-21/h4-9,14-16H,3,10-13H2,1-2H3,(H2,24,25,26,30). The predicted molar refractivity (Wildman–Crippen MR) is 116 cm³/mol. The van der Waals surface area contributed by atoms with E-state index in [-0.39, 0.29) is 17.9 Å². The van der Waals surface area contributed by atoms with Crippen molar-refractivity contribution >= 4 is 23.1 Å². The Hall–Kier alpha value is -3.13. The second-order valence-corrected chi connectivity index (χ2v) is 7.54. The van der Waals surface area contributed by atoms with Gasteiger partial charge in [0.25, 0.3) is 0 Å². The molecule has 7 nitrogen and oxygen atoms in total. The Labute approximate surface area is 175 Å². The Morgan fingerprint density at radius 2 is 1.97 bits per heavy atom. The van der Waals surface area contributed by atoms with Gasteiger partial charge in [-0.3, -0.25) is 5.32 Å². The smallest absolute Gasteiger partial charge is 0.320 e. The highest BCUT2D eigenvalue weighted by Crippen LogP contribution is 2.28. The summed E-state index contributed by atoms with van der Waals surface area (Å²) in [5.74, 6) is 0.149. The summed E-state index contributed by atoms with van der Waals surface area (Å²) in [6, 6.07) is 11.6. The molecule has 2 amide bonds. The number of benzene rings is 1. The van der Waals surface area contributed by atoms with Gasteiger partial charge in [-0.25, -0.2) is 13.7 Å². The zero-order valence-electron chi connectivity index (χ0n) is 17.3. The molecular weight excluding hydrogens is 383 g/mol. The van der Waals surface area contributed by atoms with Crippen LogP contribution in [-0.4, -0.2) is 53.3 Å². The van der Waals surface area contributed by atoms with Crippen molar-refractivity contribution in [1.29, 1.82) is 0 Å². The van der Waals surface area contributed by atoms with Gasteiger partial charge >= 0.3 is 6.03 Å². The molecule has 3 heterocycles. The second kappa shape index (κ2) is 8.71. The maximum absolute atomic E-state index is 14.0. The average Bonchev–Trinajstić information content (AvgIpc) is 3.15. The number of rotatable bonds is 5. The molecule has 1 aromatic carbocycles. The lowest BCUT2D eigenvalue weighted by molar-refractivity contribution is 0.249. The summed E-state index contributed by atoms with van der Waals surface area (Å²) in [7, 11) is 0. The van der Waals surface area contributed by atoms with Crippen LogP contribution in [0.3, 0.4) is 0 Å². The van der Waals surface area contributed by atoms with Crippen molar-refractivity contribution in [3.8, 4) is 0 Å². The molecule has 1 saturated heterocycles. The number of aromatic nitrogens is 2. The minimum atomic E-state index is -0.378. The Morgan fingerprint density at radius 3 is 2.70 bits per heavy atom. The first-order valence-corrected chi connectivity index (χ1v) is 10.3. The van der Waals surface area contributed by atoms with E-state index in [1.807, 2.05) is 37.4 Å². The van der Waals surface area contributed by atoms with Gasteiger partial charge < -0.3 is 15.1 Å². The number of carbonyl (C=O) groups excluding carboxylic acids is 1. The summed E-state index contributed by atoms with van der Waals surface area (Å²) in [6.45, 7) is 8.77. The Morgan fingerprint density at radius 1 is 1.17 bits per heavy atom. The first-order chi connectivity index (χ1) is 14.5. The van der Waals surface area contributed by atoms with Crippen molar-refractivity contribution in [2.24, 2.45) is 0 Å². The number of amides is 2. The number of nitrogens with zero attached hydrogens (tertiary/aromatic N) is 4. The van der Waals surface area contributed by atoms with Crippen molar-refractivity contribution in [2.45, 2.75) is 19.9 Å². The molecule has 1 aliphatic rings. The number of likely N-dealkylation sites (N-methyl/N-ethyl adjacent to an activating group) is 1. The molecule has 8 heteroatoms. The number of piperazine rings is 1. The van der Waals surface area contributed by atoms with E-state index in [9.17, 15) is 9.18 Å². The Balaban J connectivity index is 1.46. The molecule has 1 atom stereocenters. The first kappa shape index (κ1) is 20.2. The molecule has 30 heavy (non-hydrogen) atoms. The third-order valence-corrected chi connectivity index (χ3v) is 5.58. The van der Waals surface area contributed by atoms with Crippen LogP contribution in [0.5, 0.6) is 0 Å². The number of urea groups is 1. The number of carbonyl (C=O) groups is 1. The van der Waals surface area contributed by atoms with Crippen LogP contribution in [0.15, 0.2) is 48.7 Å². The Kier molecular flexibility index (Phi) is 5.85. The normalized spacial score (nSPS) is 15.9. The highest BCUT2D eigenvalue weighted by Gasteiger charge is 2.22. The Bertz CT molecular complexity index is 994. The third kappa shape index (κ3) is 4.38. The zero-order valence-corrected chi connectivity index (χ0v) is 17.3. The minimum absolute atomic E-state index is 0.310. The van der Waals surface area contributed by atoms with Crippen molar-refractivity contribution in [3.63, 3.8) is 0 Å². The van der Waals surface area contributed by atoms with Gasteiger partial charge in [0, 0.05) is 49.7 Å². The molecule has 1 unspecified atom stereocenters. The lowest BCUT2D eigenvalue weighted by Gasteiger charge is -2.37. The summed E-state index contributed by atoms with van der Waals surface area (Å²) in [5.41, 5.74) is 2.62. The maximum atomic E-state index is 14.0. The third-order valence-electron chi connectivity index (χ3n) is 5.58. The molecule has 1 aliphatic heterocycles. The number of hydrogen-bond acceptors (Lipinski definition) is 4. The molecule has 4 rings (SSSR count). The monoisotopic (exact) mass is 410 g/mol. The van der Waals surface area contributed by atoms with E-state index in [2.05, 4.69) is 32.5 Å². The average molecular weight is 410 g/mol. The van der Waals surface area contributed by atoms with Gasteiger partial charge in [0.15, 0.2) is 5.82 Å². The second-order valence-electron chi connectivity index (χ2n) is 7.54. The number of nitrogens with one attached hydrogen (secondary N) is 2. The van der Waals surface area contributed by atoms with Gasteiger partial charge in [0.05, 0.1) is 11.6 Å². The highest BCUT2D eigenvalue weighted by atomic mass is 19.1. The molecule has 0 radical (unpaired) electrons. The van der Waals surface area contributed by atoms with Gasteiger partial charge in [0.2, 0.25) is 0 Å². The van der Waals surface area contributed by atoms with Crippen LogP contribution in [0.1, 0.15) is 25.5 Å². The summed E-state index contributed by atoms with van der Waals surface area (Å²) >= 11 is 0. The van der Waals surface area contributed by atoms with Gasteiger partial charge in [0.1, 0.15) is 5.82 Å². The zero-order chi connectivity index (χ0) is 21.1. The van der Waals surface area contributed by atoms with E-state index in [4.69, 9.17) is 0 Å². The van der Waals surface area contributed by atoms with Gasteiger partial charge in [-0.15, -0.1) is 5.10 Å². The fourth-order valence-corrected chi connectivity index (χ4v) is 3.89. The predicted octanol–water partition coefficient (Wildman–Crippen LogP) is 3.50. The van der Waals surface area contributed by atoms with Crippen molar-refractivity contribution < 1.29 is 9.18 Å². The van der Waals surface area contributed by atoms with E-state index in [0.29, 0.717) is 5.82 Å². The number of pyridine rings is 1. The molecule has 1 fully saturated rings. The van der Waals surface area contributed by atoms with Crippen molar-refractivity contribution in [1.82, 2.24) is 19.8 Å². The molecule has 158 valence electrons. The van der Waals surface area contributed by atoms with Gasteiger partial charge in [-0.05, 0) is 43.8 Å². The highest BCUT2D eigenvalue weighted by molar-refractivity contribution is 5.89. The topological polar surface area (TPSA) is 64.9 Å². The van der Waals surface area contributed by atoms with Crippen LogP contribution in [0.4, 0.5) is 20.7 Å². The summed E-state index contributed by atoms with van der Waals surface area (Å²) in [5, 5.41) is 10.0. The number of anilines is 2. The number of halogens is 1. The maximum Gasteiger partial charge on any atom is 0.320 e. The minimum Gasteiger partial charge on any atom is -0.369 e. The van der Waals surface area contributed by atoms with Crippen LogP contribution in [0, 0.1) is 5.82 Å². The van der Waals surface area contributed by atoms with E-state index in [0.717, 1.165) is 49.5 Å². The molecule has 0 spiro atoms. The fourth-order valence-electron chi connectivity index (χ4n) is 3.89. The van der Waals surface area contributed by atoms with Crippen LogP contribution in [-0.2, 0) is 0 Å². The van der Waals surface area contributed by atoms with Crippen LogP contribution in [0.25, 0.3) is 5.52 Å². The molecular formula is C22H27FN6O. The van der Waals surface area contributed by atoms with Crippen molar-refractivity contribution in [3.05, 3.63) is 60.0 Å². The van der Waals surface area contributed by atoms with Crippen molar-refractivity contribution in [2.75, 3.05) is 42.9 Å². The summed E-state index contributed by atoms with van der Waals surface area (Å²) < 4.78 is 15.7. The van der Waals surface area contributed by atoms with Gasteiger partial charge in [-0.1, -0.05) is 13.0 Å². The molecule has 3 aromatic rings. The van der Waals surface area contributed by atoms with E-state index in [1.165, 1.54) is 12.1 Å². The SMILES string of the molecule is CCN1CCN(c2ccc(F)cc2C(C)NC(=O)Nc2cc3ccccn3n2)CC1. The lowest BCUT2D eigenvalue weighted by atomic mass is 10.0. The molecule has 0 bridgehead atoms. The first-order valence-electron chi connectivity index (χ1n) is 10.3. The lowest BCUT2D eigenvalue weighted by Crippen LogP contribution is -2.46. The summed E-state index contributed by atoms with van der Waals surface area (Å²) in [4.78, 5) is 17.2. The van der Waals surface area contributed by atoms with E-state index < -0.39 is 0 Å². The quantitative estimate of drug-likeness (QED) is 0.676.